The minimum atomic E-state index is -0.850. The molecular weight excluding hydrogens is 246 g/mol. The molecule has 0 radical (unpaired) electrons. The normalized spacial score (nSPS) is 16.1. The largest absolute Gasteiger partial charge is 0.495 e. The Labute approximate surface area is 112 Å². The van der Waals surface area contributed by atoms with Gasteiger partial charge in [-0.1, -0.05) is 0 Å². The van der Waals surface area contributed by atoms with E-state index in [0.717, 1.165) is 18.7 Å². The Morgan fingerprint density at radius 3 is 2.79 bits per heavy atom. The third-order valence-corrected chi connectivity index (χ3v) is 3.35. The maximum Gasteiger partial charge on any atom is 0.407 e. The molecule has 104 valence electrons. The average Bonchev–Trinajstić information content (AvgIpc) is 2.65. The van der Waals surface area contributed by atoms with E-state index in [4.69, 9.17) is 15.6 Å². The van der Waals surface area contributed by atoms with Crippen molar-refractivity contribution < 1.29 is 14.6 Å². The van der Waals surface area contributed by atoms with Gasteiger partial charge in [0.2, 0.25) is 0 Å². The van der Waals surface area contributed by atoms with E-state index in [-0.39, 0.29) is 0 Å². The average molecular weight is 265 g/mol. The zero-order valence-corrected chi connectivity index (χ0v) is 11.0. The number of hydrogen-bond acceptors (Lipinski definition) is 4. The molecule has 0 saturated carbocycles. The molecule has 6 heteroatoms. The van der Waals surface area contributed by atoms with Gasteiger partial charge in [-0.25, -0.2) is 4.79 Å². The SMILES string of the molecule is COc1cc(N2CCCN(C(=O)O)CC2)ccc1N. The molecule has 19 heavy (non-hydrogen) atoms. The van der Waals surface area contributed by atoms with Gasteiger partial charge in [0.15, 0.2) is 0 Å². The smallest absolute Gasteiger partial charge is 0.407 e. The Bertz CT molecular complexity index is 464. The molecule has 0 aromatic heterocycles. The Hall–Kier alpha value is -2.11. The summed E-state index contributed by atoms with van der Waals surface area (Å²) < 4.78 is 5.21. The van der Waals surface area contributed by atoms with Crippen molar-refractivity contribution in [2.75, 3.05) is 43.9 Å². The number of carbonyl (C=O) groups is 1. The zero-order chi connectivity index (χ0) is 13.8. The van der Waals surface area contributed by atoms with Gasteiger partial charge in [-0.2, -0.15) is 0 Å². The summed E-state index contributed by atoms with van der Waals surface area (Å²) in [5.41, 5.74) is 7.41. The second kappa shape index (κ2) is 5.69. The molecule has 1 heterocycles. The maximum absolute atomic E-state index is 11.0. The molecular formula is C13H19N3O3. The van der Waals surface area contributed by atoms with Crippen LogP contribution in [0.2, 0.25) is 0 Å². The predicted molar refractivity (Wildman–Crippen MR) is 73.8 cm³/mol. The minimum Gasteiger partial charge on any atom is -0.495 e. The van der Waals surface area contributed by atoms with Crippen LogP contribution in [0.4, 0.5) is 16.2 Å². The third-order valence-electron chi connectivity index (χ3n) is 3.35. The van der Waals surface area contributed by atoms with Crippen LogP contribution in [0.1, 0.15) is 6.42 Å². The number of anilines is 2. The Balaban J connectivity index is 2.12. The highest BCUT2D eigenvalue weighted by molar-refractivity contribution is 5.65. The van der Waals surface area contributed by atoms with E-state index in [0.29, 0.717) is 31.1 Å². The van der Waals surface area contributed by atoms with Crippen molar-refractivity contribution >= 4 is 17.5 Å². The fourth-order valence-electron chi connectivity index (χ4n) is 2.26. The molecule has 1 saturated heterocycles. The van der Waals surface area contributed by atoms with Crippen LogP contribution >= 0.6 is 0 Å². The van der Waals surface area contributed by atoms with E-state index in [1.165, 1.54) is 4.90 Å². The van der Waals surface area contributed by atoms with Crippen molar-refractivity contribution in [3.05, 3.63) is 18.2 Å². The number of carboxylic acid groups (broad SMARTS) is 1. The number of benzene rings is 1. The first kappa shape index (κ1) is 13.3. The van der Waals surface area contributed by atoms with Gasteiger partial charge in [-0.05, 0) is 18.6 Å². The summed E-state index contributed by atoms with van der Waals surface area (Å²) in [5, 5.41) is 9.01. The summed E-state index contributed by atoms with van der Waals surface area (Å²) in [6, 6.07) is 5.65. The lowest BCUT2D eigenvalue weighted by atomic mass is 10.2. The topological polar surface area (TPSA) is 79.0 Å². The predicted octanol–water partition coefficient (Wildman–Crippen LogP) is 1.47. The van der Waals surface area contributed by atoms with E-state index >= 15 is 0 Å². The quantitative estimate of drug-likeness (QED) is 0.792. The van der Waals surface area contributed by atoms with Gasteiger partial charge >= 0.3 is 6.09 Å². The number of nitrogens with zero attached hydrogens (tertiary/aromatic N) is 2. The number of nitrogens with two attached hydrogens (primary N) is 1. The van der Waals surface area contributed by atoms with Crippen LogP contribution < -0.4 is 15.4 Å². The van der Waals surface area contributed by atoms with Crippen LogP contribution in [0.5, 0.6) is 5.75 Å². The zero-order valence-electron chi connectivity index (χ0n) is 11.0. The number of amides is 1. The summed E-state index contributed by atoms with van der Waals surface area (Å²) in [6.45, 7) is 2.61. The van der Waals surface area contributed by atoms with Crippen molar-refractivity contribution in [1.82, 2.24) is 4.90 Å². The Kier molecular flexibility index (Phi) is 3.99. The summed E-state index contributed by atoms with van der Waals surface area (Å²) in [6.07, 6.45) is -0.0318. The lowest BCUT2D eigenvalue weighted by Gasteiger charge is -2.23. The molecule has 0 unspecified atom stereocenters. The van der Waals surface area contributed by atoms with Crippen LogP contribution in [0, 0.1) is 0 Å². The Morgan fingerprint density at radius 1 is 1.32 bits per heavy atom. The number of rotatable bonds is 2. The standard InChI is InChI=1S/C13H19N3O3/c1-19-12-9-10(3-4-11(12)14)15-5-2-6-16(8-7-15)13(17)18/h3-4,9H,2,5-8,14H2,1H3,(H,17,18). The highest BCUT2D eigenvalue weighted by Gasteiger charge is 2.18. The lowest BCUT2D eigenvalue weighted by molar-refractivity contribution is 0.148. The maximum atomic E-state index is 11.0. The Morgan fingerprint density at radius 2 is 2.11 bits per heavy atom. The van der Waals surface area contributed by atoms with Crippen molar-refractivity contribution in [2.45, 2.75) is 6.42 Å². The molecule has 1 aromatic carbocycles. The molecule has 0 spiro atoms. The number of nitrogen functional groups attached to an aromatic ring is 1. The number of hydrogen-bond donors (Lipinski definition) is 2. The highest BCUT2D eigenvalue weighted by Crippen LogP contribution is 2.27. The van der Waals surface area contributed by atoms with Crippen LogP contribution in [0.3, 0.4) is 0 Å². The number of ether oxygens (including phenoxy) is 1. The van der Waals surface area contributed by atoms with Crippen molar-refractivity contribution in [3.63, 3.8) is 0 Å². The van der Waals surface area contributed by atoms with E-state index < -0.39 is 6.09 Å². The first-order valence-corrected chi connectivity index (χ1v) is 6.28. The van der Waals surface area contributed by atoms with E-state index in [9.17, 15) is 4.79 Å². The van der Waals surface area contributed by atoms with Gasteiger partial charge in [-0.3, -0.25) is 0 Å². The van der Waals surface area contributed by atoms with Crippen LogP contribution in [0.15, 0.2) is 18.2 Å². The molecule has 1 aliphatic heterocycles. The molecule has 1 aromatic rings. The summed E-state index contributed by atoms with van der Waals surface area (Å²) in [5.74, 6) is 0.650. The third kappa shape index (κ3) is 3.01. The van der Waals surface area contributed by atoms with E-state index in [1.807, 2.05) is 18.2 Å². The molecule has 1 aliphatic rings. The monoisotopic (exact) mass is 265 g/mol. The minimum absolute atomic E-state index is 0.516. The molecule has 6 nitrogen and oxygen atoms in total. The van der Waals surface area contributed by atoms with Gasteiger partial charge < -0.3 is 25.4 Å². The molecule has 2 rings (SSSR count). The summed E-state index contributed by atoms with van der Waals surface area (Å²) >= 11 is 0. The van der Waals surface area contributed by atoms with Gasteiger partial charge in [0.25, 0.3) is 0 Å². The first-order valence-electron chi connectivity index (χ1n) is 6.28. The van der Waals surface area contributed by atoms with Gasteiger partial charge in [-0.15, -0.1) is 0 Å². The van der Waals surface area contributed by atoms with Crippen LogP contribution in [0.25, 0.3) is 0 Å². The van der Waals surface area contributed by atoms with Gasteiger partial charge in [0.1, 0.15) is 5.75 Å². The van der Waals surface area contributed by atoms with Crippen LogP contribution in [-0.2, 0) is 0 Å². The molecule has 1 fully saturated rings. The molecule has 0 aliphatic carbocycles. The fraction of sp³-hybridized carbons (Fsp3) is 0.462. The molecule has 3 N–H and O–H groups in total. The van der Waals surface area contributed by atoms with E-state index in [2.05, 4.69) is 4.90 Å². The van der Waals surface area contributed by atoms with Crippen molar-refractivity contribution in [3.8, 4) is 5.75 Å². The molecule has 0 bridgehead atoms. The van der Waals surface area contributed by atoms with Gasteiger partial charge in [0.05, 0.1) is 12.8 Å². The van der Waals surface area contributed by atoms with Crippen molar-refractivity contribution in [2.24, 2.45) is 0 Å². The van der Waals surface area contributed by atoms with Crippen LogP contribution in [-0.4, -0.2) is 49.4 Å². The highest BCUT2D eigenvalue weighted by atomic mass is 16.5. The number of methoxy groups -OCH3 is 1. The second-order valence-corrected chi connectivity index (χ2v) is 4.54. The fourth-order valence-corrected chi connectivity index (χ4v) is 2.26. The molecule has 1 amide bonds. The lowest BCUT2D eigenvalue weighted by Crippen LogP contribution is -2.34. The van der Waals surface area contributed by atoms with E-state index in [1.54, 1.807) is 7.11 Å². The molecule has 0 atom stereocenters. The summed E-state index contributed by atoms with van der Waals surface area (Å²) in [4.78, 5) is 14.6. The summed E-state index contributed by atoms with van der Waals surface area (Å²) in [7, 11) is 1.59. The van der Waals surface area contributed by atoms with Crippen molar-refractivity contribution in [1.29, 1.82) is 0 Å². The van der Waals surface area contributed by atoms with Gasteiger partial charge in [0, 0.05) is 37.9 Å². The first-order chi connectivity index (χ1) is 9.11. The second-order valence-electron chi connectivity index (χ2n) is 4.54.